The van der Waals surface area contributed by atoms with Gasteiger partial charge in [0.05, 0.1) is 13.2 Å². The molecule has 0 unspecified atom stereocenters. The molecule has 54 heavy (non-hydrogen) atoms. The smallest absolute Gasteiger partial charge is 0.407 e. The van der Waals surface area contributed by atoms with E-state index in [9.17, 15) is 33.9 Å². The van der Waals surface area contributed by atoms with Gasteiger partial charge in [-0.05, 0) is 5.56 Å². The molecule has 1 amide bonds. The third-order valence-electron chi connectivity index (χ3n) is 7.33. The third kappa shape index (κ3) is 14.5. The Balaban J connectivity index is 2.11. The fraction of sp³-hybridized carbons (Fsp3) is 0.625. The van der Waals surface area contributed by atoms with E-state index in [1.807, 2.05) is 0 Å². The molecule has 2 aliphatic rings. The molecule has 1 aromatic carbocycles. The lowest BCUT2D eigenvalue weighted by molar-refractivity contribution is -0.348. The van der Waals surface area contributed by atoms with Gasteiger partial charge in [0.1, 0.15) is 43.4 Å². The highest BCUT2D eigenvalue weighted by molar-refractivity contribution is 6.67. The van der Waals surface area contributed by atoms with Gasteiger partial charge in [-0.2, -0.15) is 0 Å². The molecule has 1 aromatic rings. The Kier molecular flexibility index (Phi) is 17.7. The van der Waals surface area contributed by atoms with E-state index in [-0.39, 0.29) is 13.2 Å². The van der Waals surface area contributed by atoms with Gasteiger partial charge in [-0.15, -0.1) is 11.6 Å². The van der Waals surface area contributed by atoms with Crippen molar-refractivity contribution in [2.75, 3.05) is 25.7 Å². The van der Waals surface area contributed by atoms with Gasteiger partial charge in [-0.25, -0.2) is 4.79 Å². The number of ether oxygens (including phenoxy) is 10. The fourth-order valence-corrected chi connectivity index (χ4v) is 5.57. The highest BCUT2D eigenvalue weighted by atomic mass is 35.6. The number of hydrogen-bond acceptors (Lipinski definition) is 17. The van der Waals surface area contributed by atoms with Gasteiger partial charge in [0, 0.05) is 27.7 Å². The zero-order valence-electron chi connectivity index (χ0n) is 29.2. The standard InChI is InChI=1S/C32H39Cl4NO17/c1-15(38)46-13-21-25(48-16(2)39)27(49-17(3)40)28(50-18(4)41)30(52-21)54-24-20(12-45-11-19-8-6-5-7-9-19)51-29(43)23(26(24)53-22(42)10-33)37-31(44)47-14-32(34,35)36/h5-9,20-21,23-30,43H,10-14H2,1-4H3,(H,37,44)/t20-,21-,23-,24-,25+,26-,27+,28-,29-,30+/m1/s1. The van der Waals surface area contributed by atoms with Crippen LogP contribution >= 0.6 is 46.4 Å². The van der Waals surface area contributed by atoms with Crippen LogP contribution in [0.3, 0.4) is 0 Å². The minimum Gasteiger partial charge on any atom is -0.463 e. The van der Waals surface area contributed by atoms with Gasteiger partial charge in [0.2, 0.25) is 3.79 Å². The lowest BCUT2D eigenvalue weighted by Crippen LogP contribution is -2.69. The van der Waals surface area contributed by atoms with E-state index in [0.717, 1.165) is 33.3 Å². The van der Waals surface area contributed by atoms with Gasteiger partial charge < -0.3 is 57.8 Å². The lowest BCUT2D eigenvalue weighted by atomic mass is 9.95. The first-order chi connectivity index (χ1) is 25.4. The molecular formula is C32H39Cl4NO17. The number of halogens is 4. The number of alkyl carbamates (subject to hydrolysis) is 1. The Labute approximate surface area is 329 Å². The molecule has 2 heterocycles. The number of hydrogen-bond donors (Lipinski definition) is 2. The van der Waals surface area contributed by atoms with Crippen LogP contribution in [0.15, 0.2) is 30.3 Å². The van der Waals surface area contributed by atoms with E-state index in [0.29, 0.717) is 0 Å². The Hall–Kier alpha value is -3.20. The molecule has 2 saturated heterocycles. The number of nitrogens with one attached hydrogen (secondary N) is 1. The molecule has 0 bridgehead atoms. The first-order valence-corrected chi connectivity index (χ1v) is 17.7. The molecule has 0 spiro atoms. The van der Waals surface area contributed by atoms with Crippen molar-refractivity contribution in [3.05, 3.63) is 35.9 Å². The maximum Gasteiger partial charge on any atom is 0.407 e. The van der Waals surface area contributed by atoms with Gasteiger partial charge in [0.15, 0.2) is 37.0 Å². The van der Waals surface area contributed by atoms with Crippen molar-refractivity contribution in [1.82, 2.24) is 5.32 Å². The highest BCUT2D eigenvalue weighted by Gasteiger charge is 2.57. The summed E-state index contributed by atoms with van der Waals surface area (Å²) in [6.45, 7) is 2.50. The number of alkyl halides is 4. The molecule has 0 aromatic heterocycles. The zero-order chi connectivity index (χ0) is 40.2. The summed E-state index contributed by atoms with van der Waals surface area (Å²) in [5.41, 5.74) is 0.743. The molecule has 22 heteroatoms. The molecule has 0 radical (unpaired) electrons. The van der Waals surface area contributed by atoms with Crippen LogP contribution in [0.1, 0.15) is 33.3 Å². The van der Waals surface area contributed by atoms with Crippen LogP contribution in [0.2, 0.25) is 0 Å². The van der Waals surface area contributed by atoms with Crippen molar-refractivity contribution >= 4 is 82.3 Å². The average Bonchev–Trinajstić information content (AvgIpc) is 3.08. The summed E-state index contributed by atoms with van der Waals surface area (Å²) in [5.74, 6) is -5.26. The van der Waals surface area contributed by atoms with Crippen LogP contribution in [-0.2, 0) is 77.9 Å². The van der Waals surface area contributed by atoms with Crippen LogP contribution in [0.25, 0.3) is 0 Å². The van der Waals surface area contributed by atoms with Gasteiger partial charge in [-0.1, -0.05) is 65.1 Å². The Morgan fingerprint density at radius 3 is 1.91 bits per heavy atom. The van der Waals surface area contributed by atoms with Crippen LogP contribution in [0.5, 0.6) is 0 Å². The van der Waals surface area contributed by atoms with Crippen molar-refractivity contribution in [3.8, 4) is 0 Å². The number of carbonyl (C=O) groups is 6. The molecule has 2 N–H and O–H groups in total. The summed E-state index contributed by atoms with van der Waals surface area (Å²) in [5, 5.41) is 13.4. The quantitative estimate of drug-likeness (QED) is 0.146. The van der Waals surface area contributed by atoms with Crippen LogP contribution < -0.4 is 5.32 Å². The number of esters is 5. The Morgan fingerprint density at radius 2 is 1.33 bits per heavy atom. The largest absolute Gasteiger partial charge is 0.463 e. The minimum atomic E-state index is -2.02. The third-order valence-corrected chi connectivity index (χ3v) is 7.87. The van der Waals surface area contributed by atoms with Crippen LogP contribution in [0.4, 0.5) is 4.79 Å². The zero-order valence-corrected chi connectivity index (χ0v) is 32.2. The number of amides is 1. The average molecular weight is 851 g/mol. The summed E-state index contributed by atoms with van der Waals surface area (Å²) in [7, 11) is 0. The maximum absolute atomic E-state index is 12.8. The summed E-state index contributed by atoms with van der Waals surface area (Å²) in [6.07, 6.45) is -16.1. The molecule has 2 aliphatic heterocycles. The van der Waals surface area contributed by atoms with E-state index >= 15 is 0 Å². The second kappa shape index (κ2) is 21.2. The molecule has 2 fully saturated rings. The minimum absolute atomic E-state index is 0.0275. The van der Waals surface area contributed by atoms with Crippen LogP contribution in [-0.4, -0.2) is 132 Å². The van der Waals surface area contributed by atoms with E-state index in [1.165, 1.54) is 0 Å². The molecule has 3 rings (SSSR count). The predicted molar refractivity (Wildman–Crippen MR) is 183 cm³/mol. The number of aliphatic hydroxyl groups is 1. The first-order valence-electron chi connectivity index (χ1n) is 16.0. The maximum atomic E-state index is 12.8. The summed E-state index contributed by atoms with van der Waals surface area (Å²) < 4.78 is 54.0. The molecule has 0 aliphatic carbocycles. The second-order valence-electron chi connectivity index (χ2n) is 11.7. The monoisotopic (exact) mass is 849 g/mol. The molecular weight excluding hydrogens is 812 g/mol. The highest BCUT2D eigenvalue weighted by Crippen LogP contribution is 2.34. The number of rotatable bonds is 15. The van der Waals surface area contributed by atoms with E-state index < -0.39 is 120 Å². The van der Waals surface area contributed by atoms with Crippen molar-refractivity contribution in [3.63, 3.8) is 0 Å². The Morgan fingerprint density at radius 1 is 0.741 bits per heavy atom. The molecule has 10 atom stereocenters. The van der Waals surface area contributed by atoms with Crippen molar-refractivity contribution < 1.29 is 81.2 Å². The van der Waals surface area contributed by atoms with E-state index in [2.05, 4.69) is 5.32 Å². The van der Waals surface area contributed by atoms with Gasteiger partial charge in [-0.3, -0.25) is 24.0 Å². The number of aliphatic hydroxyl groups excluding tert-OH is 1. The fourth-order valence-electron chi connectivity index (χ4n) is 5.34. The second-order valence-corrected chi connectivity index (χ2v) is 14.5. The molecule has 18 nitrogen and oxygen atoms in total. The normalized spacial score (nSPS) is 28.2. The SMILES string of the molecule is CC(=O)OC[C@H]1O[C@@H](O[C@H]2[C@H](OC(=O)CCl)[C@@H](NC(=O)OCC(Cl)(Cl)Cl)[C@H](O)O[C@@H]2COCc2ccccc2)[C@H](OC(C)=O)[C@@H](OC(C)=O)[C@H]1OC(C)=O. The summed E-state index contributed by atoms with van der Waals surface area (Å²) in [6, 6.07) is 7.20. The summed E-state index contributed by atoms with van der Waals surface area (Å²) in [4.78, 5) is 74.3. The topological polar surface area (TPSA) is 227 Å². The summed E-state index contributed by atoms with van der Waals surface area (Å²) >= 11 is 22.8. The predicted octanol–water partition coefficient (Wildman–Crippen LogP) is 2.00. The number of benzene rings is 1. The number of carbonyl (C=O) groups excluding carboxylic acids is 6. The lowest BCUT2D eigenvalue weighted by Gasteiger charge is -2.48. The first kappa shape index (κ1) is 45.2. The molecule has 0 saturated carbocycles. The van der Waals surface area contributed by atoms with Crippen molar-refractivity contribution in [1.29, 1.82) is 0 Å². The van der Waals surface area contributed by atoms with Crippen molar-refractivity contribution in [2.24, 2.45) is 0 Å². The van der Waals surface area contributed by atoms with E-state index in [1.54, 1.807) is 30.3 Å². The van der Waals surface area contributed by atoms with E-state index in [4.69, 9.17) is 93.8 Å². The van der Waals surface area contributed by atoms with Crippen molar-refractivity contribution in [2.45, 2.75) is 99.4 Å². The van der Waals surface area contributed by atoms with Gasteiger partial charge in [0.25, 0.3) is 0 Å². The van der Waals surface area contributed by atoms with Crippen LogP contribution in [0, 0.1) is 0 Å². The van der Waals surface area contributed by atoms with Gasteiger partial charge >= 0.3 is 35.9 Å². The Bertz CT molecular complexity index is 1450. The molecule has 302 valence electrons.